The lowest BCUT2D eigenvalue weighted by Gasteiger charge is -2.32. The van der Waals surface area contributed by atoms with Crippen LogP contribution in [0.1, 0.15) is 147 Å². The maximum absolute atomic E-state index is 14.5. The highest BCUT2D eigenvalue weighted by Gasteiger charge is 2.36. The van der Waals surface area contributed by atoms with E-state index in [1.807, 2.05) is 31.2 Å². The van der Waals surface area contributed by atoms with Crippen molar-refractivity contribution in [2.45, 2.75) is 148 Å². The number of fused-ring (bicyclic) bond motifs is 5. The van der Waals surface area contributed by atoms with Gasteiger partial charge in [-0.1, -0.05) is 90.2 Å². The molecule has 1 aliphatic rings. The Kier molecular flexibility index (Phi) is 22.6. The van der Waals surface area contributed by atoms with Gasteiger partial charge in [-0.2, -0.15) is 5.26 Å². The van der Waals surface area contributed by atoms with Crippen molar-refractivity contribution in [3.8, 4) is 28.7 Å². The summed E-state index contributed by atoms with van der Waals surface area (Å²) in [5.74, 6) is -2.13. The molecule has 1 heterocycles. The largest absolute Gasteiger partial charge is 0.493 e. The summed E-state index contributed by atoms with van der Waals surface area (Å²) in [5.41, 5.74) is 14.3. The lowest BCUT2D eigenvalue weighted by atomic mass is 9.88. The highest BCUT2D eigenvalue weighted by atomic mass is 16.5. The highest BCUT2D eigenvalue weighted by molar-refractivity contribution is 5.96. The molecule has 12 heteroatoms. The molecule has 0 spiro atoms. The number of carbonyl (C=O) groups is 5. The smallest absolute Gasteiger partial charge is 0.226 e. The van der Waals surface area contributed by atoms with E-state index in [1.165, 1.54) is 56.3 Å². The summed E-state index contributed by atoms with van der Waals surface area (Å²) in [6.45, 7) is 6.72. The number of ether oxygens (including phenoxy) is 2. The third-order valence-corrected chi connectivity index (χ3v) is 11.3. The molecule has 0 saturated carbocycles. The number of hydrogen-bond acceptors (Lipinski definition) is 10. The van der Waals surface area contributed by atoms with E-state index in [4.69, 9.17) is 20.9 Å². The van der Waals surface area contributed by atoms with Crippen LogP contribution in [0, 0.1) is 23.2 Å². The molecule has 330 valence electrons. The predicted octanol–water partition coefficient (Wildman–Crippen LogP) is 7.72. The Morgan fingerprint density at radius 1 is 0.850 bits per heavy atom. The second-order valence-electron chi connectivity index (χ2n) is 16.3. The van der Waals surface area contributed by atoms with Gasteiger partial charge in [0, 0.05) is 68.7 Å². The van der Waals surface area contributed by atoms with E-state index >= 15 is 0 Å². The van der Waals surface area contributed by atoms with Gasteiger partial charge in [0.25, 0.3) is 0 Å². The summed E-state index contributed by atoms with van der Waals surface area (Å²) >= 11 is 0. The summed E-state index contributed by atoms with van der Waals surface area (Å²) in [7, 11) is 1.56. The molecule has 0 saturated heterocycles. The van der Waals surface area contributed by atoms with E-state index in [9.17, 15) is 29.2 Å². The van der Waals surface area contributed by atoms with Crippen molar-refractivity contribution >= 4 is 29.2 Å². The molecule has 0 fully saturated rings. The minimum atomic E-state index is -1.13. The SMILES string of the molecule is CCCCCCCCCCCCCC(=O)C[C@@H](CCN)C(=O)N(C)[C@@H]1C(=O)C[C@@H](C)C(=O)N[C@H](C(=O)CCC#N)Cc2ccc(OCCN)c(c2)-c2cc1ccc2OCC. The molecule has 0 aliphatic carbocycles. The highest BCUT2D eigenvalue weighted by Crippen LogP contribution is 2.41. The van der Waals surface area contributed by atoms with Crippen molar-refractivity contribution in [1.29, 1.82) is 5.26 Å². The Morgan fingerprint density at radius 3 is 2.12 bits per heavy atom. The lowest BCUT2D eigenvalue weighted by Crippen LogP contribution is -2.46. The number of nitrogens with zero attached hydrogens (tertiary/aromatic N) is 2. The fourth-order valence-corrected chi connectivity index (χ4v) is 7.99. The van der Waals surface area contributed by atoms with Crippen molar-refractivity contribution in [2.24, 2.45) is 23.3 Å². The van der Waals surface area contributed by atoms with Crippen LogP contribution in [0.25, 0.3) is 11.1 Å². The first-order chi connectivity index (χ1) is 29.0. The molecule has 3 rings (SSSR count). The molecule has 0 unspecified atom stereocenters. The molecule has 4 atom stereocenters. The molecule has 0 aromatic heterocycles. The summed E-state index contributed by atoms with van der Waals surface area (Å²) < 4.78 is 12.2. The van der Waals surface area contributed by atoms with E-state index < -0.39 is 29.8 Å². The summed E-state index contributed by atoms with van der Waals surface area (Å²) in [4.78, 5) is 70.8. The van der Waals surface area contributed by atoms with E-state index in [-0.39, 0.29) is 81.5 Å². The van der Waals surface area contributed by atoms with Gasteiger partial charge in [0.05, 0.1) is 18.7 Å². The summed E-state index contributed by atoms with van der Waals surface area (Å²) in [6.07, 6.45) is 13.5. The van der Waals surface area contributed by atoms with Crippen LogP contribution in [0.2, 0.25) is 0 Å². The van der Waals surface area contributed by atoms with Crippen molar-refractivity contribution in [2.75, 3.05) is 33.4 Å². The number of nitriles is 1. The maximum Gasteiger partial charge on any atom is 0.226 e. The zero-order valence-corrected chi connectivity index (χ0v) is 36.7. The third kappa shape index (κ3) is 15.8. The van der Waals surface area contributed by atoms with Gasteiger partial charge in [-0.25, -0.2) is 0 Å². The number of rotatable bonds is 26. The van der Waals surface area contributed by atoms with Gasteiger partial charge in [0.2, 0.25) is 11.8 Å². The predicted molar refractivity (Wildman–Crippen MR) is 235 cm³/mol. The number of ketones is 3. The van der Waals surface area contributed by atoms with Gasteiger partial charge in [-0.3, -0.25) is 24.0 Å². The number of nitrogens with two attached hydrogens (primary N) is 2. The first-order valence-electron chi connectivity index (χ1n) is 22.4. The van der Waals surface area contributed by atoms with Crippen LogP contribution < -0.4 is 26.3 Å². The zero-order valence-electron chi connectivity index (χ0n) is 36.7. The quantitative estimate of drug-likeness (QED) is 0.0790. The number of unbranched alkanes of at least 4 members (excludes halogenated alkanes) is 10. The molecule has 60 heavy (non-hydrogen) atoms. The summed E-state index contributed by atoms with van der Waals surface area (Å²) in [6, 6.07) is 10.7. The molecule has 2 aromatic carbocycles. The van der Waals surface area contributed by atoms with Gasteiger partial charge in [-0.05, 0) is 68.1 Å². The Labute approximate surface area is 358 Å². The number of Topliss-reactive ketones (excluding diaryl/α,β-unsaturated/α-hetero) is 3. The van der Waals surface area contributed by atoms with Crippen LogP contribution in [0.3, 0.4) is 0 Å². The van der Waals surface area contributed by atoms with E-state index in [2.05, 4.69) is 12.2 Å². The Morgan fingerprint density at radius 2 is 1.48 bits per heavy atom. The molecule has 0 radical (unpaired) electrons. The van der Waals surface area contributed by atoms with Crippen molar-refractivity contribution in [3.05, 3.63) is 47.5 Å². The van der Waals surface area contributed by atoms with Gasteiger partial charge in [-0.15, -0.1) is 0 Å². The monoisotopic (exact) mass is 830 g/mol. The Balaban J connectivity index is 1.96. The fraction of sp³-hybridized carbons (Fsp3) is 0.625. The van der Waals surface area contributed by atoms with Crippen LogP contribution in [-0.2, 0) is 30.4 Å². The van der Waals surface area contributed by atoms with Crippen molar-refractivity contribution in [3.63, 3.8) is 0 Å². The van der Waals surface area contributed by atoms with Crippen LogP contribution in [-0.4, -0.2) is 73.5 Å². The topological polar surface area (TPSA) is 195 Å². The standard InChI is InChI=1S/C48H71N5O7/c1-5-7-8-9-10-11-12-13-14-15-16-18-38(54)32-37(24-26-50)48(58)53(4)46-36-21-23-44(59-6-2)40(33-36)39-30-35(20-22-45(39)60-28-27-51)31-41(42(55)19-17-25-49)52-47(57)34(3)29-43(46)56/h20-23,30,33-34,37,41,46H,5-19,24,26-29,31-32,50-51H2,1-4H3,(H,52,57)/t34-,37-,41+,46+/m1/s1. The van der Waals surface area contributed by atoms with Gasteiger partial charge in [0.1, 0.15) is 29.9 Å². The first kappa shape index (κ1) is 49.8. The van der Waals surface area contributed by atoms with E-state index in [1.54, 1.807) is 32.2 Å². The van der Waals surface area contributed by atoms with E-state index in [0.29, 0.717) is 41.2 Å². The van der Waals surface area contributed by atoms with Gasteiger partial charge >= 0.3 is 0 Å². The second kappa shape index (κ2) is 27.3. The minimum absolute atomic E-state index is 0.000802. The van der Waals surface area contributed by atoms with Crippen molar-refractivity contribution < 1.29 is 33.4 Å². The van der Waals surface area contributed by atoms with Gasteiger partial charge in [0.15, 0.2) is 11.6 Å². The zero-order chi connectivity index (χ0) is 43.9. The normalized spacial score (nSPS) is 17.2. The summed E-state index contributed by atoms with van der Waals surface area (Å²) in [5, 5.41) is 12.1. The third-order valence-electron chi connectivity index (χ3n) is 11.3. The van der Waals surface area contributed by atoms with Crippen LogP contribution in [0.15, 0.2) is 36.4 Å². The molecule has 12 nitrogen and oxygen atoms in total. The number of nitrogens with one attached hydrogen (secondary N) is 1. The lowest BCUT2D eigenvalue weighted by molar-refractivity contribution is -0.143. The average molecular weight is 830 g/mol. The van der Waals surface area contributed by atoms with E-state index in [0.717, 1.165) is 24.8 Å². The number of benzene rings is 2. The van der Waals surface area contributed by atoms with Crippen molar-refractivity contribution in [1.82, 2.24) is 10.2 Å². The first-order valence-corrected chi connectivity index (χ1v) is 22.4. The Bertz CT molecular complexity index is 1740. The molecule has 4 bridgehead atoms. The average Bonchev–Trinajstić information content (AvgIpc) is 3.23. The van der Waals surface area contributed by atoms with Crippen LogP contribution in [0.5, 0.6) is 11.5 Å². The minimum Gasteiger partial charge on any atom is -0.493 e. The maximum atomic E-state index is 14.5. The number of likely N-dealkylation sites (N-methyl/N-ethyl adjacent to an activating group) is 1. The Hall–Kier alpha value is -4.60. The number of amides is 2. The molecule has 2 aromatic rings. The second-order valence-corrected chi connectivity index (χ2v) is 16.3. The number of hydrogen-bond donors (Lipinski definition) is 3. The molecule has 2 amide bonds. The molecular formula is C48H71N5O7. The van der Waals surface area contributed by atoms with Crippen LogP contribution in [0.4, 0.5) is 0 Å². The fourth-order valence-electron chi connectivity index (χ4n) is 7.99. The molecular weight excluding hydrogens is 759 g/mol. The molecule has 1 aliphatic heterocycles. The van der Waals surface area contributed by atoms with Crippen LogP contribution >= 0.6 is 0 Å². The van der Waals surface area contributed by atoms with Gasteiger partial charge < -0.3 is 31.2 Å². The number of carbonyl (C=O) groups excluding carboxylic acids is 5. The molecule has 5 N–H and O–H groups in total.